The highest BCUT2D eigenvalue weighted by Crippen LogP contribution is 2.21. The van der Waals surface area contributed by atoms with Crippen molar-refractivity contribution in [3.63, 3.8) is 0 Å². The summed E-state index contributed by atoms with van der Waals surface area (Å²) in [5, 5.41) is 21.6. The van der Waals surface area contributed by atoms with E-state index in [1.165, 1.54) is 18.2 Å². The monoisotopic (exact) mass is 276 g/mol. The number of rotatable bonds is 3. The van der Waals surface area contributed by atoms with Crippen LogP contribution in [0.5, 0.6) is 11.5 Å². The van der Waals surface area contributed by atoms with Crippen LogP contribution in [0.4, 0.5) is 10.1 Å². The van der Waals surface area contributed by atoms with Crippen LogP contribution in [0.25, 0.3) is 0 Å². The summed E-state index contributed by atoms with van der Waals surface area (Å²) in [5.74, 6) is -1.60. The van der Waals surface area contributed by atoms with Crippen molar-refractivity contribution in [3.8, 4) is 11.5 Å². The molecule has 6 heteroatoms. The molecule has 0 aromatic heterocycles. The van der Waals surface area contributed by atoms with Gasteiger partial charge in [0.05, 0.1) is 5.56 Å². The Balaban J connectivity index is 2.12. The molecule has 5 N–H and O–H groups in total. The first-order valence-electron chi connectivity index (χ1n) is 5.81. The molecular formula is C14H13FN2O3. The number of benzene rings is 2. The topological polar surface area (TPSA) is 95.6 Å². The number of nitrogen functional groups attached to an aromatic ring is 1. The molecule has 0 saturated heterocycles. The Bertz CT molecular complexity index is 659. The van der Waals surface area contributed by atoms with Gasteiger partial charge in [0.15, 0.2) is 0 Å². The van der Waals surface area contributed by atoms with E-state index in [1.807, 2.05) is 0 Å². The third-order valence-electron chi connectivity index (χ3n) is 2.75. The Kier molecular flexibility index (Phi) is 3.74. The molecule has 0 aliphatic carbocycles. The van der Waals surface area contributed by atoms with Gasteiger partial charge in [-0.1, -0.05) is 0 Å². The number of hydrogen-bond acceptors (Lipinski definition) is 4. The van der Waals surface area contributed by atoms with Crippen molar-refractivity contribution in [2.45, 2.75) is 6.54 Å². The van der Waals surface area contributed by atoms with E-state index in [-0.39, 0.29) is 23.6 Å². The highest BCUT2D eigenvalue weighted by atomic mass is 19.1. The quantitative estimate of drug-likeness (QED) is 0.507. The van der Waals surface area contributed by atoms with Gasteiger partial charge in [0, 0.05) is 17.8 Å². The second-order valence-corrected chi connectivity index (χ2v) is 4.23. The minimum Gasteiger partial charge on any atom is -0.508 e. The second kappa shape index (κ2) is 5.48. The fourth-order valence-corrected chi connectivity index (χ4v) is 1.71. The van der Waals surface area contributed by atoms with Gasteiger partial charge in [-0.15, -0.1) is 0 Å². The van der Waals surface area contributed by atoms with Crippen molar-refractivity contribution in [1.82, 2.24) is 5.32 Å². The molecule has 0 unspecified atom stereocenters. The summed E-state index contributed by atoms with van der Waals surface area (Å²) in [6.45, 7) is 0.00562. The molecule has 1 amide bonds. The van der Waals surface area contributed by atoms with E-state index >= 15 is 0 Å². The maximum Gasteiger partial charge on any atom is 0.255 e. The maximum atomic E-state index is 13.0. The van der Waals surface area contributed by atoms with E-state index < -0.39 is 11.7 Å². The molecule has 20 heavy (non-hydrogen) atoms. The van der Waals surface area contributed by atoms with Crippen LogP contribution in [0, 0.1) is 5.82 Å². The number of amides is 1. The van der Waals surface area contributed by atoms with E-state index in [9.17, 15) is 19.4 Å². The fourth-order valence-electron chi connectivity index (χ4n) is 1.71. The lowest BCUT2D eigenvalue weighted by atomic mass is 10.1. The zero-order valence-electron chi connectivity index (χ0n) is 10.4. The summed E-state index contributed by atoms with van der Waals surface area (Å²) in [5.41, 5.74) is 6.27. The molecule has 0 radical (unpaired) electrons. The van der Waals surface area contributed by atoms with E-state index in [2.05, 4.69) is 5.32 Å². The van der Waals surface area contributed by atoms with Gasteiger partial charge >= 0.3 is 0 Å². The molecule has 0 atom stereocenters. The van der Waals surface area contributed by atoms with Gasteiger partial charge in [-0.3, -0.25) is 4.79 Å². The smallest absolute Gasteiger partial charge is 0.255 e. The molecule has 0 bridgehead atoms. The molecular weight excluding hydrogens is 263 g/mol. The lowest BCUT2D eigenvalue weighted by Gasteiger charge is -2.09. The lowest BCUT2D eigenvalue weighted by molar-refractivity contribution is 0.0947. The number of phenolic OH excluding ortho intramolecular Hbond substituents is 2. The first-order chi connectivity index (χ1) is 9.47. The molecule has 2 rings (SSSR count). The Hall–Kier alpha value is -2.76. The summed E-state index contributed by atoms with van der Waals surface area (Å²) < 4.78 is 13.0. The van der Waals surface area contributed by atoms with Crippen molar-refractivity contribution in [3.05, 3.63) is 53.3 Å². The van der Waals surface area contributed by atoms with Crippen LogP contribution in [0.3, 0.4) is 0 Å². The van der Waals surface area contributed by atoms with Crippen LogP contribution in [-0.4, -0.2) is 16.1 Å². The molecule has 2 aromatic carbocycles. The molecule has 5 nitrogen and oxygen atoms in total. The number of hydrogen-bond donors (Lipinski definition) is 4. The average Bonchev–Trinajstić information content (AvgIpc) is 2.42. The Labute approximate surface area is 114 Å². The minimum atomic E-state index is -0.649. The first-order valence-corrected chi connectivity index (χ1v) is 5.81. The van der Waals surface area contributed by atoms with Crippen molar-refractivity contribution in [2.24, 2.45) is 0 Å². The van der Waals surface area contributed by atoms with Gasteiger partial charge in [-0.2, -0.15) is 0 Å². The highest BCUT2D eigenvalue weighted by molar-refractivity contribution is 5.96. The van der Waals surface area contributed by atoms with Crippen LogP contribution in [-0.2, 0) is 6.54 Å². The third kappa shape index (κ3) is 2.97. The molecule has 0 spiro atoms. The standard InChI is InChI=1S/C14H13FN2O3/c15-9-1-3-13(19)11(6-9)14(20)17-7-8-5-10(16)2-4-12(8)18/h1-6,18-19H,7,16H2,(H,17,20). The predicted octanol–water partition coefficient (Wildman–Crippen LogP) is 1.75. The zero-order chi connectivity index (χ0) is 14.7. The maximum absolute atomic E-state index is 13.0. The Morgan fingerprint density at radius 3 is 2.60 bits per heavy atom. The van der Waals surface area contributed by atoms with Crippen LogP contribution in [0.1, 0.15) is 15.9 Å². The molecule has 0 aliphatic heterocycles. The summed E-state index contributed by atoms with van der Waals surface area (Å²) in [4.78, 5) is 11.8. The Morgan fingerprint density at radius 1 is 1.15 bits per heavy atom. The van der Waals surface area contributed by atoms with Crippen molar-refractivity contribution < 1.29 is 19.4 Å². The zero-order valence-corrected chi connectivity index (χ0v) is 10.4. The number of carbonyl (C=O) groups is 1. The summed E-state index contributed by atoms with van der Waals surface area (Å²) in [7, 11) is 0. The van der Waals surface area contributed by atoms with E-state index in [0.717, 1.165) is 18.2 Å². The van der Waals surface area contributed by atoms with Gasteiger partial charge in [-0.05, 0) is 36.4 Å². The van der Waals surface area contributed by atoms with Crippen LogP contribution in [0.2, 0.25) is 0 Å². The summed E-state index contributed by atoms with van der Waals surface area (Å²) in [6.07, 6.45) is 0. The van der Waals surface area contributed by atoms with Crippen LogP contribution < -0.4 is 11.1 Å². The number of nitrogens with two attached hydrogens (primary N) is 1. The number of halogens is 1. The fraction of sp³-hybridized carbons (Fsp3) is 0.0714. The second-order valence-electron chi connectivity index (χ2n) is 4.23. The molecule has 0 heterocycles. The van der Waals surface area contributed by atoms with Gasteiger partial charge in [0.1, 0.15) is 17.3 Å². The molecule has 0 saturated carbocycles. The normalized spacial score (nSPS) is 10.2. The number of phenols is 2. The molecule has 2 aromatic rings. The van der Waals surface area contributed by atoms with Crippen molar-refractivity contribution >= 4 is 11.6 Å². The molecule has 0 fully saturated rings. The molecule has 0 aliphatic rings. The van der Waals surface area contributed by atoms with Gasteiger partial charge in [-0.25, -0.2) is 4.39 Å². The average molecular weight is 276 g/mol. The number of carbonyl (C=O) groups excluding carboxylic acids is 1. The lowest BCUT2D eigenvalue weighted by Crippen LogP contribution is -2.23. The van der Waals surface area contributed by atoms with E-state index in [1.54, 1.807) is 0 Å². The van der Waals surface area contributed by atoms with E-state index in [0.29, 0.717) is 11.3 Å². The third-order valence-corrected chi connectivity index (χ3v) is 2.75. The van der Waals surface area contributed by atoms with Crippen LogP contribution >= 0.6 is 0 Å². The van der Waals surface area contributed by atoms with E-state index in [4.69, 9.17) is 5.73 Å². The minimum absolute atomic E-state index is 0.00562. The van der Waals surface area contributed by atoms with Gasteiger partial charge < -0.3 is 21.3 Å². The van der Waals surface area contributed by atoms with Gasteiger partial charge in [0.25, 0.3) is 5.91 Å². The van der Waals surface area contributed by atoms with Crippen molar-refractivity contribution in [1.29, 1.82) is 0 Å². The Morgan fingerprint density at radius 2 is 1.85 bits per heavy atom. The highest BCUT2D eigenvalue weighted by Gasteiger charge is 2.12. The van der Waals surface area contributed by atoms with Gasteiger partial charge in [0.2, 0.25) is 0 Å². The first kappa shape index (κ1) is 13.7. The summed E-state index contributed by atoms with van der Waals surface area (Å²) >= 11 is 0. The number of aromatic hydroxyl groups is 2. The molecule has 104 valence electrons. The van der Waals surface area contributed by atoms with Crippen LogP contribution in [0.15, 0.2) is 36.4 Å². The summed E-state index contributed by atoms with van der Waals surface area (Å²) in [6, 6.07) is 7.54. The number of nitrogens with one attached hydrogen (secondary N) is 1. The SMILES string of the molecule is Nc1ccc(O)c(CNC(=O)c2cc(F)ccc2O)c1. The van der Waals surface area contributed by atoms with Crippen molar-refractivity contribution in [2.75, 3.05) is 5.73 Å². The predicted molar refractivity (Wildman–Crippen MR) is 71.8 cm³/mol. The number of anilines is 1. The largest absolute Gasteiger partial charge is 0.508 e.